The topological polar surface area (TPSA) is 64.1 Å². The molecule has 0 spiro atoms. The van der Waals surface area contributed by atoms with Crippen molar-refractivity contribution >= 4 is 5.96 Å². The largest absolute Gasteiger partial charge is 0.496 e. The van der Waals surface area contributed by atoms with Gasteiger partial charge in [-0.25, -0.2) is 0 Å². The van der Waals surface area contributed by atoms with Gasteiger partial charge >= 0.3 is 0 Å². The lowest BCUT2D eigenvalue weighted by molar-refractivity contribution is -0.0855. The van der Waals surface area contributed by atoms with Gasteiger partial charge in [-0.1, -0.05) is 18.2 Å². The first-order valence-electron chi connectivity index (χ1n) is 8.42. The Kier molecular flexibility index (Phi) is 7.34. The molecule has 1 aliphatic heterocycles. The van der Waals surface area contributed by atoms with E-state index in [2.05, 4.69) is 21.7 Å². The average molecular weight is 335 g/mol. The molecule has 6 heteroatoms. The van der Waals surface area contributed by atoms with E-state index in [1.54, 1.807) is 21.3 Å². The summed E-state index contributed by atoms with van der Waals surface area (Å²) >= 11 is 0. The molecule has 0 saturated carbocycles. The summed E-state index contributed by atoms with van der Waals surface area (Å²) in [6.07, 6.45) is 2.66. The fraction of sp³-hybridized carbons (Fsp3) is 0.611. The molecule has 1 heterocycles. The number of ether oxygens (including phenoxy) is 3. The zero-order chi connectivity index (χ0) is 17.3. The van der Waals surface area contributed by atoms with Gasteiger partial charge in [0.1, 0.15) is 5.75 Å². The number of aliphatic imine (C=N–C) groups is 1. The summed E-state index contributed by atoms with van der Waals surface area (Å²) in [5.74, 6) is 1.70. The Balaban J connectivity index is 1.80. The molecule has 2 rings (SSSR count). The van der Waals surface area contributed by atoms with Gasteiger partial charge in [0.15, 0.2) is 5.96 Å². The molecule has 1 aliphatic rings. The molecule has 0 unspecified atom stereocenters. The van der Waals surface area contributed by atoms with Gasteiger partial charge in [0.2, 0.25) is 0 Å². The third-order valence-electron chi connectivity index (χ3n) is 4.52. The molecule has 1 aromatic rings. The predicted octanol–water partition coefficient (Wildman–Crippen LogP) is 1.60. The second-order valence-corrected chi connectivity index (χ2v) is 5.91. The van der Waals surface area contributed by atoms with Crippen molar-refractivity contribution in [1.29, 1.82) is 0 Å². The maximum absolute atomic E-state index is 5.74. The third-order valence-corrected chi connectivity index (χ3v) is 4.52. The Hall–Kier alpha value is -1.79. The fourth-order valence-electron chi connectivity index (χ4n) is 2.89. The zero-order valence-corrected chi connectivity index (χ0v) is 14.9. The summed E-state index contributed by atoms with van der Waals surface area (Å²) in [6.45, 7) is 3.00. The van der Waals surface area contributed by atoms with E-state index in [9.17, 15) is 0 Å². The number of hydrogen-bond acceptors (Lipinski definition) is 4. The number of guanidine groups is 1. The van der Waals surface area contributed by atoms with Crippen molar-refractivity contribution in [3.8, 4) is 5.75 Å². The van der Waals surface area contributed by atoms with Crippen LogP contribution in [0, 0.1) is 0 Å². The van der Waals surface area contributed by atoms with E-state index in [-0.39, 0.29) is 5.60 Å². The first kappa shape index (κ1) is 18.5. The van der Waals surface area contributed by atoms with Crippen LogP contribution in [-0.4, -0.2) is 59.1 Å². The number of nitrogens with one attached hydrogen (secondary N) is 2. The summed E-state index contributed by atoms with van der Waals surface area (Å²) in [5.41, 5.74) is 1.01. The molecule has 134 valence electrons. The minimum absolute atomic E-state index is 0.168. The highest BCUT2D eigenvalue weighted by Crippen LogP contribution is 2.23. The number of nitrogens with zero attached hydrogens (tertiary/aromatic N) is 1. The number of para-hydroxylation sites is 1. The Morgan fingerprint density at radius 1 is 1.21 bits per heavy atom. The molecule has 24 heavy (non-hydrogen) atoms. The van der Waals surface area contributed by atoms with E-state index in [1.165, 1.54) is 5.56 Å². The van der Waals surface area contributed by atoms with E-state index in [1.807, 2.05) is 18.2 Å². The maximum atomic E-state index is 5.74. The lowest BCUT2D eigenvalue weighted by Gasteiger charge is -2.36. The van der Waals surface area contributed by atoms with Crippen molar-refractivity contribution in [2.24, 2.45) is 4.99 Å². The van der Waals surface area contributed by atoms with E-state index in [4.69, 9.17) is 14.2 Å². The van der Waals surface area contributed by atoms with Crippen LogP contribution in [0.25, 0.3) is 0 Å². The first-order valence-corrected chi connectivity index (χ1v) is 8.42. The Morgan fingerprint density at radius 3 is 2.62 bits per heavy atom. The van der Waals surface area contributed by atoms with Gasteiger partial charge in [-0.05, 0) is 18.1 Å². The minimum Gasteiger partial charge on any atom is -0.496 e. The first-order chi connectivity index (χ1) is 11.7. The van der Waals surface area contributed by atoms with E-state index < -0.39 is 0 Å². The molecule has 1 saturated heterocycles. The van der Waals surface area contributed by atoms with E-state index in [0.717, 1.165) is 57.3 Å². The van der Waals surface area contributed by atoms with Crippen LogP contribution in [0.15, 0.2) is 29.3 Å². The van der Waals surface area contributed by atoms with Crippen LogP contribution in [0.5, 0.6) is 5.75 Å². The molecule has 1 aromatic carbocycles. The summed E-state index contributed by atoms with van der Waals surface area (Å²) in [4.78, 5) is 4.29. The van der Waals surface area contributed by atoms with Gasteiger partial charge in [0, 0.05) is 53.3 Å². The number of rotatable bonds is 7. The zero-order valence-electron chi connectivity index (χ0n) is 14.9. The number of benzene rings is 1. The maximum Gasteiger partial charge on any atom is 0.191 e. The standard InChI is InChI=1S/C18H29N3O3/c1-19-17(21-14-18(23-3)9-12-24-13-10-18)20-11-8-15-6-4-5-7-16(15)22-2/h4-7H,8-14H2,1-3H3,(H2,19,20,21). The summed E-state index contributed by atoms with van der Waals surface area (Å²) in [6, 6.07) is 8.07. The highest BCUT2D eigenvalue weighted by Gasteiger charge is 2.32. The lowest BCUT2D eigenvalue weighted by atomic mass is 9.94. The van der Waals surface area contributed by atoms with Crippen LogP contribution >= 0.6 is 0 Å². The number of hydrogen-bond donors (Lipinski definition) is 2. The molecule has 0 amide bonds. The molecule has 1 fully saturated rings. The molecular formula is C18H29N3O3. The van der Waals surface area contributed by atoms with E-state index in [0.29, 0.717) is 0 Å². The monoisotopic (exact) mass is 335 g/mol. The normalized spacial score (nSPS) is 17.4. The van der Waals surface area contributed by atoms with Crippen molar-refractivity contribution in [3.63, 3.8) is 0 Å². The van der Waals surface area contributed by atoms with Crippen molar-refractivity contribution in [2.75, 3.05) is 47.6 Å². The minimum atomic E-state index is -0.168. The van der Waals surface area contributed by atoms with Crippen LogP contribution < -0.4 is 15.4 Å². The van der Waals surface area contributed by atoms with Crippen LogP contribution in [0.3, 0.4) is 0 Å². The Morgan fingerprint density at radius 2 is 1.96 bits per heavy atom. The highest BCUT2D eigenvalue weighted by molar-refractivity contribution is 5.79. The van der Waals surface area contributed by atoms with Gasteiger partial charge < -0.3 is 24.8 Å². The predicted molar refractivity (Wildman–Crippen MR) is 95.9 cm³/mol. The molecule has 0 aliphatic carbocycles. The molecule has 0 bridgehead atoms. The van der Waals surface area contributed by atoms with Gasteiger partial charge in [-0.3, -0.25) is 4.99 Å². The van der Waals surface area contributed by atoms with Gasteiger partial charge in [-0.2, -0.15) is 0 Å². The summed E-state index contributed by atoms with van der Waals surface area (Å²) in [7, 11) is 5.25. The molecule has 0 atom stereocenters. The smallest absolute Gasteiger partial charge is 0.191 e. The quantitative estimate of drug-likeness (QED) is 0.585. The molecule has 0 aromatic heterocycles. The Bertz CT molecular complexity index is 528. The fourth-order valence-corrected chi connectivity index (χ4v) is 2.89. The van der Waals surface area contributed by atoms with Crippen LogP contribution in [0.4, 0.5) is 0 Å². The van der Waals surface area contributed by atoms with Crippen molar-refractivity contribution in [3.05, 3.63) is 29.8 Å². The molecule has 0 radical (unpaired) electrons. The van der Waals surface area contributed by atoms with Crippen LogP contribution in [-0.2, 0) is 15.9 Å². The van der Waals surface area contributed by atoms with Gasteiger partial charge in [0.05, 0.1) is 12.7 Å². The second-order valence-electron chi connectivity index (χ2n) is 5.91. The second kappa shape index (κ2) is 9.49. The van der Waals surface area contributed by atoms with Crippen molar-refractivity contribution in [2.45, 2.75) is 24.9 Å². The molecule has 2 N–H and O–H groups in total. The van der Waals surface area contributed by atoms with Crippen molar-refractivity contribution < 1.29 is 14.2 Å². The average Bonchev–Trinajstić information content (AvgIpc) is 2.65. The lowest BCUT2D eigenvalue weighted by Crippen LogP contribution is -2.51. The molecular weight excluding hydrogens is 306 g/mol. The van der Waals surface area contributed by atoms with Crippen LogP contribution in [0.2, 0.25) is 0 Å². The SMILES string of the molecule is CN=C(NCCc1ccccc1OC)NCC1(OC)CCOCC1. The van der Waals surface area contributed by atoms with E-state index >= 15 is 0 Å². The Labute approximate surface area is 144 Å². The number of methoxy groups -OCH3 is 2. The van der Waals surface area contributed by atoms with Gasteiger partial charge in [-0.15, -0.1) is 0 Å². The van der Waals surface area contributed by atoms with Crippen molar-refractivity contribution in [1.82, 2.24) is 10.6 Å². The summed E-state index contributed by atoms with van der Waals surface area (Å²) < 4.78 is 16.5. The third kappa shape index (κ3) is 5.11. The molecule has 6 nitrogen and oxygen atoms in total. The van der Waals surface area contributed by atoms with Gasteiger partial charge in [0.25, 0.3) is 0 Å². The summed E-state index contributed by atoms with van der Waals surface area (Å²) in [5, 5.41) is 6.72. The highest BCUT2D eigenvalue weighted by atomic mass is 16.5. The van der Waals surface area contributed by atoms with Crippen LogP contribution in [0.1, 0.15) is 18.4 Å².